The van der Waals surface area contributed by atoms with Crippen LogP contribution in [0.25, 0.3) is 0 Å². The lowest BCUT2D eigenvalue weighted by Gasteiger charge is -2.26. The van der Waals surface area contributed by atoms with Crippen LogP contribution < -0.4 is 5.32 Å². The van der Waals surface area contributed by atoms with Crippen molar-refractivity contribution in [3.8, 4) is 0 Å². The average Bonchev–Trinajstić information content (AvgIpc) is 3.21. The van der Waals surface area contributed by atoms with Crippen molar-refractivity contribution >= 4 is 5.91 Å². The molecule has 2 aliphatic rings. The Kier molecular flexibility index (Phi) is 5.62. The first kappa shape index (κ1) is 16.4. The Hall–Kier alpha value is -1.46. The summed E-state index contributed by atoms with van der Waals surface area (Å²) in [7, 11) is 0. The lowest BCUT2D eigenvalue weighted by atomic mass is 10.1. The van der Waals surface area contributed by atoms with Crippen molar-refractivity contribution in [1.29, 1.82) is 0 Å². The van der Waals surface area contributed by atoms with Gasteiger partial charge in [0.2, 0.25) is 5.91 Å². The zero-order valence-corrected chi connectivity index (χ0v) is 13.5. The monoisotopic (exact) mass is 320 g/mol. The van der Waals surface area contributed by atoms with Gasteiger partial charge in [-0.15, -0.1) is 0 Å². The third-order valence-corrected chi connectivity index (χ3v) is 4.47. The van der Waals surface area contributed by atoms with E-state index in [2.05, 4.69) is 5.32 Å². The molecule has 4 nitrogen and oxygen atoms in total. The number of amides is 1. The third-order valence-electron chi connectivity index (χ3n) is 4.47. The largest absolute Gasteiger partial charge is 0.376 e. The molecular weight excluding hydrogens is 295 g/mol. The number of halogens is 1. The number of hydrogen-bond donors (Lipinski definition) is 1. The minimum atomic E-state index is -0.265. The maximum atomic E-state index is 13.4. The van der Waals surface area contributed by atoms with Gasteiger partial charge in [0.15, 0.2) is 0 Å². The summed E-state index contributed by atoms with van der Waals surface area (Å²) in [5.74, 6) is 0.543. The maximum Gasteiger partial charge on any atom is 0.236 e. The van der Waals surface area contributed by atoms with Gasteiger partial charge in [0.05, 0.1) is 12.6 Å². The Bertz CT molecular complexity index is 528. The summed E-state index contributed by atoms with van der Waals surface area (Å²) >= 11 is 0. The first-order chi connectivity index (χ1) is 11.2. The SMILES string of the molecule is O=C(CNCC1CC1)N(Cc1cccc(F)c1)CC1CCCO1. The molecule has 0 spiro atoms. The molecule has 1 aliphatic heterocycles. The van der Waals surface area contributed by atoms with Crippen molar-refractivity contribution in [3.05, 3.63) is 35.6 Å². The fourth-order valence-corrected chi connectivity index (χ4v) is 2.96. The van der Waals surface area contributed by atoms with Crippen LogP contribution in [0.3, 0.4) is 0 Å². The van der Waals surface area contributed by atoms with E-state index in [-0.39, 0.29) is 17.8 Å². The highest BCUT2D eigenvalue weighted by Crippen LogP contribution is 2.27. The molecule has 1 atom stereocenters. The van der Waals surface area contributed by atoms with Crippen molar-refractivity contribution in [2.75, 3.05) is 26.2 Å². The van der Waals surface area contributed by atoms with E-state index in [4.69, 9.17) is 4.74 Å². The van der Waals surface area contributed by atoms with Gasteiger partial charge in [-0.2, -0.15) is 0 Å². The zero-order valence-electron chi connectivity index (χ0n) is 13.5. The van der Waals surface area contributed by atoms with Crippen molar-refractivity contribution < 1.29 is 13.9 Å². The minimum absolute atomic E-state index is 0.0606. The van der Waals surface area contributed by atoms with Crippen LogP contribution in [-0.4, -0.2) is 43.2 Å². The third kappa shape index (κ3) is 5.29. The molecule has 126 valence electrons. The highest BCUT2D eigenvalue weighted by Gasteiger charge is 2.24. The summed E-state index contributed by atoms with van der Waals surface area (Å²) < 4.78 is 19.0. The van der Waals surface area contributed by atoms with E-state index in [1.54, 1.807) is 11.0 Å². The van der Waals surface area contributed by atoms with E-state index < -0.39 is 0 Å². The Morgan fingerprint density at radius 2 is 2.22 bits per heavy atom. The number of benzene rings is 1. The molecule has 23 heavy (non-hydrogen) atoms. The van der Waals surface area contributed by atoms with Gasteiger partial charge in [-0.1, -0.05) is 12.1 Å². The van der Waals surface area contributed by atoms with Gasteiger partial charge in [-0.25, -0.2) is 4.39 Å². The topological polar surface area (TPSA) is 41.6 Å². The molecule has 1 N–H and O–H groups in total. The zero-order chi connectivity index (χ0) is 16.1. The molecule has 0 radical (unpaired) electrons. The number of carbonyl (C=O) groups excluding carboxylic acids is 1. The van der Waals surface area contributed by atoms with Crippen LogP contribution >= 0.6 is 0 Å². The Labute approximate surface area is 137 Å². The van der Waals surface area contributed by atoms with Gasteiger partial charge in [0.1, 0.15) is 5.82 Å². The molecule has 1 aliphatic carbocycles. The standard InChI is InChI=1S/C18H25FN2O2/c19-16-4-1-3-15(9-16)12-21(13-17-5-2-8-23-17)18(22)11-20-10-14-6-7-14/h1,3-4,9,14,17,20H,2,5-8,10-13H2. The molecular formula is C18H25FN2O2. The van der Waals surface area contributed by atoms with E-state index >= 15 is 0 Å². The van der Waals surface area contributed by atoms with E-state index in [0.717, 1.165) is 37.5 Å². The number of carbonyl (C=O) groups is 1. The smallest absolute Gasteiger partial charge is 0.236 e. The fraction of sp³-hybridized carbons (Fsp3) is 0.611. The van der Waals surface area contributed by atoms with Crippen LogP contribution in [0.5, 0.6) is 0 Å². The second-order valence-electron chi connectivity index (χ2n) is 6.61. The lowest BCUT2D eigenvalue weighted by molar-refractivity contribution is -0.132. The predicted molar refractivity (Wildman–Crippen MR) is 86.4 cm³/mol. The van der Waals surface area contributed by atoms with Gasteiger partial charge in [0, 0.05) is 19.7 Å². The van der Waals surface area contributed by atoms with Crippen LogP contribution in [0.1, 0.15) is 31.2 Å². The van der Waals surface area contributed by atoms with Gasteiger partial charge < -0.3 is 15.0 Å². The number of nitrogens with one attached hydrogen (secondary N) is 1. The van der Waals surface area contributed by atoms with Crippen molar-refractivity contribution in [2.24, 2.45) is 5.92 Å². The molecule has 1 unspecified atom stereocenters. The van der Waals surface area contributed by atoms with Gasteiger partial charge >= 0.3 is 0 Å². The van der Waals surface area contributed by atoms with E-state index in [9.17, 15) is 9.18 Å². The van der Waals surface area contributed by atoms with Crippen molar-refractivity contribution in [1.82, 2.24) is 10.2 Å². The average molecular weight is 320 g/mol. The Balaban J connectivity index is 1.58. The molecule has 1 amide bonds. The highest BCUT2D eigenvalue weighted by molar-refractivity contribution is 5.78. The van der Waals surface area contributed by atoms with Crippen LogP contribution in [0, 0.1) is 11.7 Å². The van der Waals surface area contributed by atoms with Crippen LogP contribution in [0.15, 0.2) is 24.3 Å². The molecule has 5 heteroatoms. The molecule has 2 fully saturated rings. The van der Waals surface area contributed by atoms with Crippen LogP contribution in [0.2, 0.25) is 0 Å². The lowest BCUT2D eigenvalue weighted by Crippen LogP contribution is -2.42. The summed E-state index contributed by atoms with van der Waals surface area (Å²) in [5, 5.41) is 3.24. The summed E-state index contributed by atoms with van der Waals surface area (Å²) in [6.45, 7) is 3.05. The van der Waals surface area contributed by atoms with E-state index in [1.807, 2.05) is 6.07 Å². The van der Waals surface area contributed by atoms with Crippen molar-refractivity contribution in [3.63, 3.8) is 0 Å². The van der Waals surface area contributed by atoms with Crippen LogP contribution in [0.4, 0.5) is 4.39 Å². The van der Waals surface area contributed by atoms with Crippen LogP contribution in [-0.2, 0) is 16.1 Å². The predicted octanol–water partition coefficient (Wildman–Crippen LogP) is 2.33. The van der Waals surface area contributed by atoms with Gasteiger partial charge in [-0.3, -0.25) is 4.79 Å². The second kappa shape index (κ2) is 7.88. The molecule has 1 aromatic carbocycles. The second-order valence-corrected chi connectivity index (χ2v) is 6.61. The van der Waals surface area contributed by atoms with Gasteiger partial charge in [0.25, 0.3) is 0 Å². The highest BCUT2D eigenvalue weighted by atomic mass is 19.1. The summed E-state index contributed by atoms with van der Waals surface area (Å²) in [6, 6.07) is 6.46. The first-order valence-corrected chi connectivity index (χ1v) is 8.55. The molecule has 1 saturated heterocycles. The van der Waals surface area contributed by atoms with Gasteiger partial charge in [-0.05, 0) is 55.8 Å². The van der Waals surface area contributed by atoms with E-state index in [0.29, 0.717) is 19.6 Å². The summed E-state index contributed by atoms with van der Waals surface area (Å²) in [6.07, 6.45) is 4.68. The first-order valence-electron chi connectivity index (χ1n) is 8.55. The number of ether oxygens (including phenoxy) is 1. The van der Waals surface area contributed by atoms with Crippen molar-refractivity contribution in [2.45, 2.75) is 38.3 Å². The van der Waals surface area contributed by atoms with E-state index in [1.165, 1.54) is 25.0 Å². The normalized spacial score (nSPS) is 20.7. The molecule has 3 rings (SSSR count). The maximum absolute atomic E-state index is 13.4. The molecule has 1 aromatic rings. The Morgan fingerprint density at radius 3 is 2.91 bits per heavy atom. The summed E-state index contributed by atoms with van der Waals surface area (Å²) in [5.41, 5.74) is 0.818. The number of nitrogens with zero attached hydrogens (tertiary/aromatic N) is 1. The molecule has 1 heterocycles. The minimum Gasteiger partial charge on any atom is -0.376 e. The molecule has 0 bridgehead atoms. The number of hydrogen-bond acceptors (Lipinski definition) is 3. The quantitative estimate of drug-likeness (QED) is 0.799. The number of rotatable bonds is 8. The Morgan fingerprint density at radius 1 is 1.35 bits per heavy atom. The fourth-order valence-electron chi connectivity index (χ4n) is 2.96. The summed E-state index contributed by atoms with van der Waals surface area (Å²) in [4.78, 5) is 14.3. The molecule has 0 aromatic heterocycles. The molecule has 1 saturated carbocycles.